The van der Waals surface area contributed by atoms with Crippen molar-refractivity contribution >= 4 is 17.8 Å². The molecule has 8 nitrogen and oxygen atoms in total. The lowest BCUT2D eigenvalue weighted by Crippen LogP contribution is -2.34. The van der Waals surface area contributed by atoms with Gasteiger partial charge >= 0.3 is 5.97 Å². The zero-order valence-corrected chi connectivity index (χ0v) is 11.4. The molecule has 0 saturated heterocycles. The maximum atomic E-state index is 10.4. The van der Waals surface area contributed by atoms with E-state index in [4.69, 9.17) is 31.2 Å². The molecule has 0 unspecified atom stereocenters. The fraction of sp³-hybridized carbons (Fsp3) is 0.417. The Labute approximate surface area is 116 Å². The molecule has 1 aromatic rings. The number of rotatable bonds is 5. The third-order valence-electron chi connectivity index (χ3n) is 1.91. The van der Waals surface area contributed by atoms with E-state index >= 15 is 0 Å². The average molecular weight is 285 g/mol. The van der Waals surface area contributed by atoms with Gasteiger partial charge in [-0.15, -0.1) is 0 Å². The van der Waals surface area contributed by atoms with Crippen LogP contribution in [0.25, 0.3) is 0 Å². The first-order valence-corrected chi connectivity index (χ1v) is 5.71. The van der Waals surface area contributed by atoms with Crippen LogP contribution in [0.5, 0.6) is 0 Å². The summed E-state index contributed by atoms with van der Waals surface area (Å²) < 4.78 is 5.13. The molecule has 0 aliphatic rings. The van der Waals surface area contributed by atoms with Crippen molar-refractivity contribution < 1.29 is 24.5 Å². The molecule has 0 bridgehead atoms. The molecule has 0 saturated carbocycles. The van der Waals surface area contributed by atoms with Gasteiger partial charge in [-0.3, -0.25) is 9.59 Å². The van der Waals surface area contributed by atoms with Crippen molar-refractivity contribution in [3.63, 3.8) is 0 Å². The van der Waals surface area contributed by atoms with Gasteiger partial charge in [0.15, 0.2) is 0 Å². The molecule has 6 N–H and O–H groups in total. The van der Waals surface area contributed by atoms with E-state index in [-0.39, 0.29) is 13.2 Å². The molecule has 1 atom stereocenters. The van der Waals surface area contributed by atoms with Gasteiger partial charge in [-0.25, -0.2) is 4.98 Å². The van der Waals surface area contributed by atoms with Crippen molar-refractivity contribution in [2.45, 2.75) is 26.5 Å². The number of carbonyl (C=O) groups is 2. The molecule has 0 aliphatic heterocycles. The molecular formula is C12H19N3O5. The summed E-state index contributed by atoms with van der Waals surface area (Å²) in [5.74, 6) is -1.50. The standard InChI is InChI=1S/C10H15N3O3.C2H4O2/c1-6-2-7(13-9(12)3-6)4-16-5-8(11)10(14)15;1-2(3)4/h2-3,8H,4-5,11H2,1H3,(H2,12,13)(H,14,15);1H3,(H,3,4)/t8-;/m0./s1. The Morgan fingerprint density at radius 3 is 2.40 bits per heavy atom. The fourth-order valence-electron chi connectivity index (χ4n) is 1.20. The van der Waals surface area contributed by atoms with Gasteiger partial charge in [-0.05, 0) is 24.6 Å². The van der Waals surface area contributed by atoms with E-state index in [9.17, 15) is 4.79 Å². The van der Waals surface area contributed by atoms with Crippen molar-refractivity contribution in [3.05, 3.63) is 23.4 Å². The molecule has 1 heterocycles. The minimum Gasteiger partial charge on any atom is -0.481 e. The van der Waals surface area contributed by atoms with Gasteiger partial charge in [0.05, 0.1) is 18.9 Å². The van der Waals surface area contributed by atoms with Crippen molar-refractivity contribution in [2.75, 3.05) is 12.3 Å². The molecular weight excluding hydrogens is 266 g/mol. The van der Waals surface area contributed by atoms with E-state index in [0.717, 1.165) is 12.5 Å². The molecule has 0 aromatic carbocycles. The van der Waals surface area contributed by atoms with E-state index in [2.05, 4.69) is 4.98 Å². The monoisotopic (exact) mass is 285 g/mol. The van der Waals surface area contributed by atoms with Crippen LogP contribution in [0.3, 0.4) is 0 Å². The van der Waals surface area contributed by atoms with Gasteiger partial charge in [-0.1, -0.05) is 0 Å². The first-order valence-electron chi connectivity index (χ1n) is 5.71. The number of pyridine rings is 1. The van der Waals surface area contributed by atoms with Gasteiger partial charge in [0.25, 0.3) is 5.97 Å². The molecule has 1 aromatic heterocycles. The third-order valence-corrected chi connectivity index (χ3v) is 1.91. The van der Waals surface area contributed by atoms with Gasteiger partial charge in [0.1, 0.15) is 11.9 Å². The average Bonchev–Trinajstić information content (AvgIpc) is 2.26. The number of nitrogens with two attached hydrogens (primary N) is 2. The third kappa shape index (κ3) is 8.84. The number of nitrogen functional groups attached to an aromatic ring is 1. The fourth-order valence-corrected chi connectivity index (χ4v) is 1.20. The maximum absolute atomic E-state index is 10.4. The summed E-state index contributed by atoms with van der Waals surface area (Å²) >= 11 is 0. The number of aryl methyl sites for hydroxylation is 1. The Bertz CT molecular complexity index is 440. The quantitative estimate of drug-likeness (QED) is 0.590. The number of aromatic nitrogens is 1. The van der Waals surface area contributed by atoms with Crippen LogP contribution in [0.15, 0.2) is 12.1 Å². The normalized spacial score (nSPS) is 11.2. The highest BCUT2D eigenvalue weighted by Crippen LogP contribution is 2.07. The van der Waals surface area contributed by atoms with Crippen LogP contribution in [0.4, 0.5) is 5.82 Å². The molecule has 8 heteroatoms. The van der Waals surface area contributed by atoms with Gasteiger partial charge in [0.2, 0.25) is 0 Å². The zero-order chi connectivity index (χ0) is 15.7. The molecule has 0 spiro atoms. The predicted octanol–water partition coefficient (Wildman–Crippen LogP) is -0.00838. The van der Waals surface area contributed by atoms with Crippen molar-refractivity contribution in [1.29, 1.82) is 0 Å². The van der Waals surface area contributed by atoms with Crippen LogP contribution in [0.1, 0.15) is 18.2 Å². The number of nitrogens with zero attached hydrogens (tertiary/aromatic N) is 1. The zero-order valence-electron chi connectivity index (χ0n) is 11.4. The second-order valence-corrected chi connectivity index (χ2v) is 4.04. The van der Waals surface area contributed by atoms with Gasteiger partial charge in [-0.2, -0.15) is 0 Å². The number of carboxylic acid groups (broad SMARTS) is 2. The summed E-state index contributed by atoms with van der Waals surface area (Å²) in [4.78, 5) is 23.4. The summed E-state index contributed by atoms with van der Waals surface area (Å²) in [6, 6.07) is 2.55. The number of hydrogen-bond donors (Lipinski definition) is 4. The summed E-state index contributed by atoms with van der Waals surface area (Å²) in [5.41, 5.74) is 12.5. The first-order chi connectivity index (χ1) is 9.22. The lowest BCUT2D eigenvalue weighted by molar-refractivity contribution is -0.140. The second-order valence-electron chi connectivity index (χ2n) is 4.04. The lowest BCUT2D eigenvalue weighted by Gasteiger charge is -2.08. The van der Waals surface area contributed by atoms with Crippen LogP contribution in [-0.4, -0.2) is 39.8 Å². The highest BCUT2D eigenvalue weighted by atomic mass is 16.5. The SMILES string of the molecule is CC(=O)O.Cc1cc(N)nc(COC[C@H](N)C(=O)O)c1. The van der Waals surface area contributed by atoms with Crippen molar-refractivity contribution in [1.82, 2.24) is 4.98 Å². The Hall–Kier alpha value is -2.19. The highest BCUT2D eigenvalue weighted by Gasteiger charge is 2.11. The minimum absolute atomic E-state index is 0.0507. The van der Waals surface area contributed by atoms with E-state index in [0.29, 0.717) is 11.5 Å². The van der Waals surface area contributed by atoms with Crippen molar-refractivity contribution in [3.8, 4) is 0 Å². The topological polar surface area (TPSA) is 149 Å². The highest BCUT2D eigenvalue weighted by molar-refractivity contribution is 5.73. The Balaban J connectivity index is 0.000000796. The predicted molar refractivity (Wildman–Crippen MR) is 72.0 cm³/mol. The molecule has 0 radical (unpaired) electrons. The summed E-state index contributed by atoms with van der Waals surface area (Å²) in [6.07, 6.45) is 0. The van der Waals surface area contributed by atoms with Crippen LogP contribution >= 0.6 is 0 Å². The van der Waals surface area contributed by atoms with Crippen LogP contribution in [-0.2, 0) is 20.9 Å². The van der Waals surface area contributed by atoms with Crippen molar-refractivity contribution in [2.24, 2.45) is 5.73 Å². The number of hydrogen-bond acceptors (Lipinski definition) is 6. The second kappa shape index (κ2) is 8.83. The summed E-state index contributed by atoms with van der Waals surface area (Å²) in [7, 11) is 0. The van der Waals surface area contributed by atoms with Crippen LogP contribution in [0, 0.1) is 6.92 Å². The van der Waals surface area contributed by atoms with E-state index in [1.807, 2.05) is 13.0 Å². The van der Waals surface area contributed by atoms with E-state index in [1.54, 1.807) is 6.07 Å². The van der Waals surface area contributed by atoms with Gasteiger partial charge < -0.3 is 26.4 Å². The Morgan fingerprint density at radius 2 is 1.95 bits per heavy atom. The molecule has 1 rings (SSSR count). The molecule has 0 fully saturated rings. The smallest absolute Gasteiger partial charge is 0.322 e. The van der Waals surface area contributed by atoms with Crippen LogP contribution < -0.4 is 11.5 Å². The number of anilines is 1. The number of aliphatic carboxylic acids is 2. The molecule has 112 valence electrons. The van der Waals surface area contributed by atoms with E-state index < -0.39 is 18.0 Å². The van der Waals surface area contributed by atoms with Crippen LogP contribution in [0.2, 0.25) is 0 Å². The maximum Gasteiger partial charge on any atom is 0.322 e. The number of ether oxygens (including phenoxy) is 1. The molecule has 20 heavy (non-hydrogen) atoms. The Morgan fingerprint density at radius 1 is 1.40 bits per heavy atom. The molecule has 0 amide bonds. The largest absolute Gasteiger partial charge is 0.481 e. The first kappa shape index (κ1) is 17.8. The number of carboxylic acids is 2. The van der Waals surface area contributed by atoms with E-state index in [1.165, 1.54) is 0 Å². The lowest BCUT2D eigenvalue weighted by atomic mass is 10.2. The molecule has 0 aliphatic carbocycles. The minimum atomic E-state index is -1.09. The summed E-state index contributed by atoms with van der Waals surface area (Å²) in [5, 5.41) is 15.9. The van der Waals surface area contributed by atoms with Gasteiger partial charge in [0, 0.05) is 6.92 Å². The summed E-state index contributed by atoms with van der Waals surface area (Å²) in [6.45, 7) is 3.13. The Kier molecular flexibility index (Phi) is 7.87.